The van der Waals surface area contributed by atoms with E-state index in [0.29, 0.717) is 0 Å². The van der Waals surface area contributed by atoms with E-state index in [0.717, 1.165) is 17.8 Å². The summed E-state index contributed by atoms with van der Waals surface area (Å²) in [7, 11) is 0. The summed E-state index contributed by atoms with van der Waals surface area (Å²) in [6.45, 7) is 0. The van der Waals surface area contributed by atoms with E-state index in [4.69, 9.17) is 0 Å². The summed E-state index contributed by atoms with van der Waals surface area (Å²) in [5.41, 5.74) is 0.230. The van der Waals surface area contributed by atoms with Crippen molar-refractivity contribution in [3.63, 3.8) is 0 Å². The number of hydrogen-bond acceptors (Lipinski definition) is 2. The lowest BCUT2D eigenvalue weighted by Crippen LogP contribution is -2.48. The number of carbonyl (C=O) groups is 1. The average molecular weight is 211 g/mol. The maximum Gasteiger partial charge on any atom is 0.279 e. The smallest absolute Gasteiger partial charge is 0.279 e. The van der Waals surface area contributed by atoms with Crippen LogP contribution in [-0.4, -0.2) is 17.0 Å². The van der Waals surface area contributed by atoms with Crippen LogP contribution in [0.4, 0.5) is 4.79 Å². The van der Waals surface area contributed by atoms with Crippen molar-refractivity contribution in [3.05, 3.63) is 0 Å². The highest BCUT2D eigenvalue weighted by atomic mass is 32.2. The van der Waals surface area contributed by atoms with Crippen LogP contribution in [0.5, 0.6) is 0 Å². The molecule has 4 saturated carbocycles. The summed E-state index contributed by atoms with van der Waals surface area (Å²) in [5.74, 6) is 2.66. The lowest BCUT2D eigenvalue weighted by Gasteiger charge is -2.33. The predicted octanol–water partition coefficient (Wildman–Crippen LogP) is 2.64. The molecule has 2 nitrogen and oxygen atoms in total. The van der Waals surface area contributed by atoms with Gasteiger partial charge in [-0.2, -0.15) is 0 Å². The monoisotopic (exact) mass is 211 g/mol. The molecule has 4 rings (SSSR count). The van der Waals surface area contributed by atoms with Crippen LogP contribution in [0.2, 0.25) is 0 Å². The van der Waals surface area contributed by atoms with Gasteiger partial charge in [0.1, 0.15) is 0 Å². The molecule has 0 heterocycles. The number of amides is 1. The van der Waals surface area contributed by atoms with Gasteiger partial charge < -0.3 is 5.32 Å². The normalized spacial score (nSPS) is 48.5. The average Bonchev–Trinajstić information content (AvgIpc) is 2.51. The van der Waals surface area contributed by atoms with Gasteiger partial charge in [0.15, 0.2) is 0 Å². The Morgan fingerprint density at radius 3 is 2.50 bits per heavy atom. The van der Waals surface area contributed by atoms with Gasteiger partial charge >= 0.3 is 0 Å². The summed E-state index contributed by atoms with van der Waals surface area (Å²) >= 11 is 1.32. The Hall–Kier alpha value is -0.180. The molecule has 0 aliphatic heterocycles. The van der Waals surface area contributed by atoms with Gasteiger partial charge in [-0.25, -0.2) is 0 Å². The molecule has 0 aromatic carbocycles. The number of nitrogens with one attached hydrogen (secondary N) is 1. The molecule has 2 atom stereocenters. The second-order valence-corrected chi connectivity index (χ2v) is 6.10. The van der Waals surface area contributed by atoms with Gasteiger partial charge in [-0.1, -0.05) is 11.8 Å². The SMILES string of the molecule is CSC(=O)NC12CC3CC(CC1C3)C2. The second-order valence-electron chi connectivity index (χ2n) is 5.32. The van der Waals surface area contributed by atoms with Gasteiger partial charge in [0, 0.05) is 5.54 Å². The molecule has 4 aliphatic rings. The fourth-order valence-electron chi connectivity index (χ4n) is 4.25. The number of hydrogen-bond donors (Lipinski definition) is 1. The van der Waals surface area contributed by atoms with E-state index in [1.807, 2.05) is 6.26 Å². The molecule has 0 saturated heterocycles. The molecule has 1 N–H and O–H groups in total. The van der Waals surface area contributed by atoms with Gasteiger partial charge in [-0.3, -0.25) is 4.79 Å². The first-order valence-corrected chi connectivity index (χ1v) is 6.80. The van der Waals surface area contributed by atoms with Crippen LogP contribution in [0.15, 0.2) is 0 Å². The molecule has 1 amide bonds. The molecule has 0 radical (unpaired) electrons. The highest BCUT2D eigenvalue weighted by Crippen LogP contribution is 2.60. The molecule has 0 spiro atoms. The lowest BCUT2D eigenvalue weighted by atomic mass is 9.80. The van der Waals surface area contributed by atoms with Crippen molar-refractivity contribution in [2.45, 2.75) is 37.6 Å². The zero-order chi connectivity index (χ0) is 9.76. The van der Waals surface area contributed by atoms with Crippen molar-refractivity contribution in [1.82, 2.24) is 5.32 Å². The molecule has 14 heavy (non-hydrogen) atoms. The Bertz CT molecular complexity index is 264. The summed E-state index contributed by atoms with van der Waals surface area (Å²) in [6, 6.07) is 0. The molecule has 3 heteroatoms. The van der Waals surface area contributed by atoms with Gasteiger partial charge in [-0.05, 0) is 56.1 Å². The van der Waals surface area contributed by atoms with Crippen LogP contribution < -0.4 is 5.32 Å². The third-order valence-corrected chi connectivity index (χ3v) is 5.00. The Morgan fingerprint density at radius 1 is 1.29 bits per heavy atom. The Kier molecular flexibility index (Phi) is 1.88. The molecule has 4 aliphatic carbocycles. The van der Waals surface area contributed by atoms with E-state index >= 15 is 0 Å². The summed E-state index contributed by atoms with van der Waals surface area (Å²) in [4.78, 5) is 11.5. The number of rotatable bonds is 1. The van der Waals surface area contributed by atoms with Crippen LogP contribution in [0.3, 0.4) is 0 Å². The van der Waals surface area contributed by atoms with Crippen molar-refractivity contribution in [1.29, 1.82) is 0 Å². The summed E-state index contributed by atoms with van der Waals surface area (Å²) < 4.78 is 0. The third-order valence-electron chi connectivity index (χ3n) is 4.53. The van der Waals surface area contributed by atoms with Gasteiger partial charge in [-0.15, -0.1) is 0 Å². The molecule has 4 fully saturated rings. The molecule has 4 bridgehead atoms. The predicted molar refractivity (Wildman–Crippen MR) is 58.3 cm³/mol. The lowest BCUT2D eigenvalue weighted by molar-refractivity contribution is 0.223. The largest absolute Gasteiger partial charge is 0.341 e. The maximum atomic E-state index is 11.5. The second kappa shape index (κ2) is 2.91. The highest BCUT2D eigenvalue weighted by molar-refractivity contribution is 8.12. The fraction of sp³-hybridized carbons (Fsp3) is 0.909. The molecule has 0 aromatic heterocycles. The number of thioether (sulfide) groups is 1. The van der Waals surface area contributed by atoms with E-state index < -0.39 is 0 Å². The van der Waals surface area contributed by atoms with E-state index in [1.54, 1.807) is 0 Å². The van der Waals surface area contributed by atoms with Crippen molar-refractivity contribution < 1.29 is 4.79 Å². The van der Waals surface area contributed by atoms with E-state index in [9.17, 15) is 4.79 Å². The van der Waals surface area contributed by atoms with E-state index in [-0.39, 0.29) is 10.8 Å². The quantitative estimate of drug-likeness (QED) is 0.722. The first kappa shape index (κ1) is 9.08. The fourth-order valence-corrected chi connectivity index (χ4v) is 4.56. The summed E-state index contributed by atoms with van der Waals surface area (Å²) in [5, 5.41) is 3.47. The Labute approximate surface area is 89.2 Å². The number of carbonyl (C=O) groups excluding carboxylic acids is 1. The molecular formula is C11H17NOS. The first-order chi connectivity index (χ1) is 6.72. The van der Waals surface area contributed by atoms with Gasteiger partial charge in [0.2, 0.25) is 0 Å². The molecule has 2 unspecified atom stereocenters. The topological polar surface area (TPSA) is 29.1 Å². The Balaban J connectivity index is 1.81. The minimum Gasteiger partial charge on any atom is -0.341 e. The zero-order valence-electron chi connectivity index (χ0n) is 8.58. The zero-order valence-corrected chi connectivity index (χ0v) is 9.40. The maximum absolute atomic E-state index is 11.5. The van der Waals surface area contributed by atoms with Crippen molar-refractivity contribution in [2.24, 2.45) is 17.8 Å². The van der Waals surface area contributed by atoms with Crippen LogP contribution in [0.25, 0.3) is 0 Å². The van der Waals surface area contributed by atoms with Crippen molar-refractivity contribution in [3.8, 4) is 0 Å². The molecule has 0 aromatic rings. The van der Waals surface area contributed by atoms with Crippen LogP contribution in [0, 0.1) is 17.8 Å². The van der Waals surface area contributed by atoms with Crippen molar-refractivity contribution in [2.75, 3.05) is 6.26 Å². The first-order valence-electron chi connectivity index (χ1n) is 5.58. The van der Waals surface area contributed by atoms with E-state index in [2.05, 4.69) is 5.32 Å². The van der Waals surface area contributed by atoms with Crippen LogP contribution in [0.1, 0.15) is 32.1 Å². The minimum atomic E-state index is 0.179. The molecular weight excluding hydrogens is 194 g/mol. The Morgan fingerprint density at radius 2 is 1.93 bits per heavy atom. The third kappa shape index (κ3) is 1.14. The highest BCUT2D eigenvalue weighted by Gasteiger charge is 2.58. The van der Waals surface area contributed by atoms with Crippen molar-refractivity contribution >= 4 is 17.0 Å². The molecule has 78 valence electrons. The summed E-state index contributed by atoms with van der Waals surface area (Å²) in [6.07, 6.45) is 8.59. The van der Waals surface area contributed by atoms with Gasteiger partial charge in [0.25, 0.3) is 5.24 Å². The van der Waals surface area contributed by atoms with Gasteiger partial charge in [0.05, 0.1) is 0 Å². The van der Waals surface area contributed by atoms with E-state index in [1.165, 1.54) is 43.9 Å². The standard InChI is InChI=1S/C11H17NOS/c1-14-10(13)12-11-5-7-2-8(6-11)4-9(11)3-7/h7-9H,2-6H2,1H3,(H,12,13). The van der Waals surface area contributed by atoms with Crippen LogP contribution in [-0.2, 0) is 0 Å². The van der Waals surface area contributed by atoms with Crippen LogP contribution >= 0.6 is 11.8 Å². The minimum absolute atomic E-state index is 0.179.